The molecule has 2 aromatic rings. The van der Waals surface area contributed by atoms with E-state index >= 15 is 0 Å². The van der Waals surface area contributed by atoms with Crippen molar-refractivity contribution in [2.75, 3.05) is 5.73 Å². The van der Waals surface area contributed by atoms with Gasteiger partial charge in [-0.1, -0.05) is 32.0 Å². The van der Waals surface area contributed by atoms with Crippen molar-refractivity contribution in [1.82, 2.24) is 0 Å². The number of hydrogen-bond acceptors (Lipinski definition) is 3. The van der Waals surface area contributed by atoms with Crippen LogP contribution in [0, 0.1) is 0 Å². The quantitative estimate of drug-likeness (QED) is 0.804. The maximum absolute atomic E-state index is 10.9. The van der Waals surface area contributed by atoms with Crippen molar-refractivity contribution in [2.24, 2.45) is 0 Å². The largest absolute Gasteiger partial charge is 0.478 e. The van der Waals surface area contributed by atoms with E-state index in [0.29, 0.717) is 17.4 Å². The van der Waals surface area contributed by atoms with Crippen LogP contribution in [-0.2, 0) is 0 Å². The van der Waals surface area contributed by atoms with Crippen LogP contribution < -0.4 is 10.5 Å². The zero-order chi connectivity index (χ0) is 15.4. The minimum atomic E-state index is -1.01. The fraction of sp³-hybridized carbons (Fsp3) is 0.235. The lowest BCUT2D eigenvalue weighted by molar-refractivity contribution is 0.0697. The van der Waals surface area contributed by atoms with Crippen LogP contribution in [0.1, 0.15) is 42.1 Å². The van der Waals surface area contributed by atoms with E-state index in [1.54, 1.807) is 6.07 Å². The first kappa shape index (κ1) is 14.9. The van der Waals surface area contributed by atoms with Crippen molar-refractivity contribution in [3.8, 4) is 11.5 Å². The van der Waals surface area contributed by atoms with Gasteiger partial charge in [0.05, 0.1) is 11.3 Å². The van der Waals surface area contributed by atoms with E-state index in [9.17, 15) is 4.79 Å². The molecule has 0 radical (unpaired) electrons. The van der Waals surface area contributed by atoms with E-state index in [4.69, 9.17) is 15.6 Å². The van der Waals surface area contributed by atoms with Gasteiger partial charge in [0.2, 0.25) is 0 Å². The predicted molar refractivity (Wildman–Crippen MR) is 83.0 cm³/mol. The van der Waals surface area contributed by atoms with Crippen molar-refractivity contribution >= 4 is 11.7 Å². The predicted octanol–water partition coefficient (Wildman–Crippen LogP) is 4.27. The Labute approximate surface area is 124 Å². The van der Waals surface area contributed by atoms with Gasteiger partial charge < -0.3 is 15.6 Å². The first-order valence-corrected chi connectivity index (χ1v) is 6.92. The Bertz CT molecular complexity index is 652. The molecule has 0 amide bonds. The SMILES string of the molecule is CCC(C)c1ccccc1Oc1ccc(C(=O)O)cc1N. The maximum Gasteiger partial charge on any atom is 0.335 e. The summed E-state index contributed by atoms with van der Waals surface area (Å²) in [6.45, 7) is 4.26. The zero-order valence-electron chi connectivity index (χ0n) is 12.2. The van der Waals surface area contributed by atoms with Crippen LogP contribution in [0.5, 0.6) is 11.5 Å². The van der Waals surface area contributed by atoms with Gasteiger partial charge >= 0.3 is 5.97 Å². The highest BCUT2D eigenvalue weighted by atomic mass is 16.5. The van der Waals surface area contributed by atoms with Gasteiger partial charge in [-0.2, -0.15) is 0 Å². The lowest BCUT2D eigenvalue weighted by Gasteiger charge is -2.16. The Morgan fingerprint density at radius 3 is 2.57 bits per heavy atom. The van der Waals surface area contributed by atoms with Crippen molar-refractivity contribution in [3.05, 3.63) is 53.6 Å². The number of nitrogen functional groups attached to an aromatic ring is 1. The van der Waals surface area contributed by atoms with Crippen LogP contribution in [0.4, 0.5) is 5.69 Å². The number of aromatic carboxylic acids is 1. The monoisotopic (exact) mass is 285 g/mol. The highest BCUT2D eigenvalue weighted by Crippen LogP contribution is 2.34. The van der Waals surface area contributed by atoms with Crippen molar-refractivity contribution in [1.29, 1.82) is 0 Å². The van der Waals surface area contributed by atoms with E-state index in [1.165, 1.54) is 12.1 Å². The number of carboxylic acids is 1. The van der Waals surface area contributed by atoms with Gasteiger partial charge in [-0.15, -0.1) is 0 Å². The number of hydrogen-bond donors (Lipinski definition) is 2. The molecule has 0 aliphatic rings. The van der Waals surface area contributed by atoms with Crippen LogP contribution in [0.2, 0.25) is 0 Å². The smallest absolute Gasteiger partial charge is 0.335 e. The fourth-order valence-electron chi connectivity index (χ4n) is 2.09. The third-order valence-electron chi connectivity index (χ3n) is 3.54. The molecule has 0 fully saturated rings. The number of carbonyl (C=O) groups is 1. The lowest BCUT2D eigenvalue weighted by Crippen LogP contribution is -2.01. The van der Waals surface area contributed by atoms with Gasteiger partial charge in [-0.25, -0.2) is 4.79 Å². The van der Waals surface area contributed by atoms with Crippen LogP contribution in [-0.4, -0.2) is 11.1 Å². The molecule has 4 heteroatoms. The number of benzene rings is 2. The molecular weight excluding hydrogens is 266 g/mol. The number of rotatable bonds is 5. The van der Waals surface area contributed by atoms with Crippen molar-refractivity contribution in [2.45, 2.75) is 26.2 Å². The number of ether oxygens (including phenoxy) is 1. The van der Waals surface area contributed by atoms with Crippen LogP contribution >= 0.6 is 0 Å². The highest BCUT2D eigenvalue weighted by molar-refractivity contribution is 5.89. The summed E-state index contributed by atoms with van der Waals surface area (Å²) in [5.41, 5.74) is 7.45. The second-order valence-corrected chi connectivity index (χ2v) is 5.01. The Hall–Kier alpha value is -2.49. The minimum Gasteiger partial charge on any atom is -0.478 e. The summed E-state index contributed by atoms with van der Waals surface area (Å²) in [6, 6.07) is 12.3. The van der Waals surface area contributed by atoms with E-state index in [2.05, 4.69) is 13.8 Å². The molecule has 3 N–H and O–H groups in total. The molecule has 2 rings (SSSR count). The molecule has 0 aliphatic carbocycles. The Kier molecular flexibility index (Phi) is 4.48. The summed E-state index contributed by atoms with van der Waals surface area (Å²) < 4.78 is 5.88. The van der Waals surface area contributed by atoms with Gasteiger partial charge in [0.25, 0.3) is 0 Å². The Balaban J connectivity index is 2.33. The number of para-hydroxylation sites is 1. The van der Waals surface area contributed by atoms with Gasteiger partial charge in [0.1, 0.15) is 11.5 Å². The molecule has 1 unspecified atom stereocenters. The molecule has 0 bridgehead atoms. The fourth-order valence-corrected chi connectivity index (χ4v) is 2.09. The molecule has 4 nitrogen and oxygen atoms in total. The van der Waals surface area contributed by atoms with E-state index in [0.717, 1.165) is 17.7 Å². The molecule has 0 saturated carbocycles. The second kappa shape index (κ2) is 6.31. The topological polar surface area (TPSA) is 72.5 Å². The van der Waals surface area contributed by atoms with E-state index in [1.807, 2.05) is 24.3 Å². The molecule has 2 aromatic carbocycles. The molecule has 0 heterocycles. The normalized spacial score (nSPS) is 11.9. The third kappa shape index (κ3) is 3.34. The standard InChI is InChI=1S/C17H19NO3/c1-3-11(2)13-6-4-5-7-15(13)21-16-9-8-12(17(19)20)10-14(16)18/h4-11H,3,18H2,1-2H3,(H,19,20). The number of carboxylic acid groups (broad SMARTS) is 1. The Morgan fingerprint density at radius 2 is 1.95 bits per heavy atom. The maximum atomic E-state index is 10.9. The molecule has 0 saturated heterocycles. The average Bonchev–Trinajstić information content (AvgIpc) is 2.49. The minimum absolute atomic E-state index is 0.148. The molecule has 1 atom stereocenters. The van der Waals surface area contributed by atoms with Gasteiger partial charge in [0, 0.05) is 0 Å². The van der Waals surface area contributed by atoms with Crippen LogP contribution in [0.15, 0.2) is 42.5 Å². The van der Waals surface area contributed by atoms with Crippen LogP contribution in [0.25, 0.3) is 0 Å². The van der Waals surface area contributed by atoms with Crippen molar-refractivity contribution in [3.63, 3.8) is 0 Å². The average molecular weight is 285 g/mol. The molecule has 0 aliphatic heterocycles. The van der Waals surface area contributed by atoms with Gasteiger partial charge in [-0.05, 0) is 42.2 Å². The summed E-state index contributed by atoms with van der Waals surface area (Å²) in [5, 5.41) is 8.94. The summed E-state index contributed by atoms with van der Waals surface area (Å²) in [6.07, 6.45) is 1.01. The molecular formula is C17H19NO3. The number of anilines is 1. The van der Waals surface area contributed by atoms with Gasteiger partial charge in [-0.3, -0.25) is 0 Å². The lowest BCUT2D eigenvalue weighted by atomic mass is 9.98. The summed E-state index contributed by atoms with van der Waals surface area (Å²) in [4.78, 5) is 10.9. The molecule has 0 spiro atoms. The van der Waals surface area contributed by atoms with E-state index < -0.39 is 5.97 Å². The van der Waals surface area contributed by atoms with Crippen molar-refractivity contribution < 1.29 is 14.6 Å². The molecule has 21 heavy (non-hydrogen) atoms. The van der Waals surface area contributed by atoms with Gasteiger partial charge in [0.15, 0.2) is 0 Å². The zero-order valence-corrected chi connectivity index (χ0v) is 12.2. The number of nitrogens with two attached hydrogens (primary N) is 1. The Morgan fingerprint density at radius 1 is 1.24 bits per heavy atom. The first-order chi connectivity index (χ1) is 10.0. The highest BCUT2D eigenvalue weighted by Gasteiger charge is 2.12. The summed E-state index contributed by atoms with van der Waals surface area (Å²) in [7, 11) is 0. The second-order valence-electron chi connectivity index (χ2n) is 5.01. The summed E-state index contributed by atoms with van der Waals surface area (Å²) in [5.74, 6) is 0.589. The summed E-state index contributed by atoms with van der Waals surface area (Å²) >= 11 is 0. The van der Waals surface area contributed by atoms with E-state index in [-0.39, 0.29) is 5.56 Å². The molecule has 0 aromatic heterocycles. The third-order valence-corrected chi connectivity index (χ3v) is 3.54. The molecule has 110 valence electrons. The first-order valence-electron chi connectivity index (χ1n) is 6.92. The van der Waals surface area contributed by atoms with Crippen LogP contribution in [0.3, 0.4) is 0 Å².